The summed E-state index contributed by atoms with van der Waals surface area (Å²) in [6, 6.07) is 0. The highest BCUT2D eigenvalue weighted by Gasteiger charge is 2.25. The van der Waals surface area contributed by atoms with Gasteiger partial charge >= 0.3 is 11.9 Å². The van der Waals surface area contributed by atoms with Crippen molar-refractivity contribution in [3.63, 3.8) is 0 Å². The molecule has 20 heteroatoms. The maximum absolute atomic E-state index is 12.5. The van der Waals surface area contributed by atoms with Gasteiger partial charge in [0, 0.05) is 66.8 Å². The van der Waals surface area contributed by atoms with Crippen LogP contribution in [0.5, 0.6) is 0 Å². The van der Waals surface area contributed by atoms with Gasteiger partial charge in [0.25, 0.3) is 0 Å². The van der Waals surface area contributed by atoms with E-state index < -0.39 is 11.9 Å². The minimum absolute atomic E-state index is 0.00814. The molecule has 0 aliphatic heterocycles. The number of hydrogen-bond acceptors (Lipinski definition) is 20. The van der Waals surface area contributed by atoms with Crippen LogP contribution in [0.15, 0.2) is 48.6 Å². The number of carbonyl (C=O) groups excluding carboxylic acids is 2. The highest BCUT2D eigenvalue weighted by atomic mass is 16.6. The molecule has 0 radical (unpaired) electrons. The minimum Gasteiger partial charge on any atom is -0.441 e. The highest BCUT2D eigenvalue weighted by molar-refractivity contribution is 5.82. The maximum Gasteiger partial charge on any atom is 0.332 e. The summed E-state index contributed by atoms with van der Waals surface area (Å²) in [5.41, 5.74) is 0. The maximum atomic E-state index is 12.5. The summed E-state index contributed by atoms with van der Waals surface area (Å²) < 4.78 is 33.2. The molecule has 2 heterocycles. The third kappa shape index (κ3) is 15.9. The lowest BCUT2D eigenvalue weighted by atomic mass is 10.4. The standard InChI is InChI=1S/C37H60N12O8/c1-11-17-19-21-30(50)56-28-46(16-6)34-40-33(45(15-5)24-52-7)41-36(42-34)48(26-54-9)23-47(25-53-8)35-38-32(44(13-3)14-4)39-37(43-35)49(27-55-10)29-57-31(51)22-20-18-12-2/h11-12,17-22H,13-16,23-29H2,1-10H3/b17-11+,18-12+,21-19+,22-20+. The molecule has 0 unspecified atom stereocenters. The fourth-order valence-electron chi connectivity index (χ4n) is 4.80. The van der Waals surface area contributed by atoms with Crippen molar-refractivity contribution in [2.45, 2.75) is 41.5 Å². The quantitative estimate of drug-likeness (QED) is 0.0528. The number of allylic oxidation sites excluding steroid dienone is 6. The average molecular weight is 801 g/mol. The summed E-state index contributed by atoms with van der Waals surface area (Å²) in [6.07, 6.45) is 12.9. The molecule has 0 aliphatic carbocycles. The Morgan fingerprint density at radius 3 is 1.11 bits per heavy atom. The van der Waals surface area contributed by atoms with Crippen molar-refractivity contribution in [1.82, 2.24) is 29.9 Å². The zero-order chi connectivity index (χ0) is 42.0. The van der Waals surface area contributed by atoms with E-state index in [0.717, 1.165) is 0 Å². The van der Waals surface area contributed by atoms with Crippen LogP contribution in [0.4, 0.5) is 35.7 Å². The first-order valence-corrected chi connectivity index (χ1v) is 18.6. The Balaban J connectivity index is 2.70. The molecule has 0 bridgehead atoms. The van der Waals surface area contributed by atoms with Crippen molar-refractivity contribution >= 4 is 47.6 Å². The minimum atomic E-state index is -0.548. The molecule has 2 aromatic heterocycles. The molecule has 2 aromatic rings. The van der Waals surface area contributed by atoms with Gasteiger partial charge in [-0.15, -0.1) is 0 Å². The van der Waals surface area contributed by atoms with E-state index in [2.05, 4.69) is 0 Å². The van der Waals surface area contributed by atoms with Crippen LogP contribution in [-0.2, 0) is 38.0 Å². The molecule has 2 rings (SSSR count). The third-order valence-electron chi connectivity index (χ3n) is 7.70. The Hall–Kier alpha value is -5.44. The van der Waals surface area contributed by atoms with Crippen LogP contribution >= 0.6 is 0 Å². The molecule has 0 atom stereocenters. The lowest BCUT2D eigenvalue weighted by Crippen LogP contribution is -2.43. The van der Waals surface area contributed by atoms with Gasteiger partial charge in [0.1, 0.15) is 33.6 Å². The molecule has 57 heavy (non-hydrogen) atoms. The van der Waals surface area contributed by atoms with Gasteiger partial charge in [-0.2, -0.15) is 29.9 Å². The summed E-state index contributed by atoms with van der Waals surface area (Å²) in [4.78, 5) is 64.2. The van der Waals surface area contributed by atoms with Crippen LogP contribution < -0.4 is 29.4 Å². The Morgan fingerprint density at radius 2 is 0.737 bits per heavy atom. The first kappa shape index (κ1) is 47.7. The lowest BCUT2D eigenvalue weighted by Gasteiger charge is -2.32. The van der Waals surface area contributed by atoms with E-state index in [4.69, 9.17) is 58.3 Å². The van der Waals surface area contributed by atoms with E-state index in [0.29, 0.717) is 38.1 Å². The number of rotatable bonds is 28. The molecule has 316 valence electrons. The normalized spacial score (nSPS) is 11.5. The topological polar surface area (TPSA) is 186 Å². The molecular weight excluding hydrogens is 740 g/mol. The van der Waals surface area contributed by atoms with Gasteiger partial charge in [0.2, 0.25) is 35.7 Å². The summed E-state index contributed by atoms with van der Waals surface area (Å²) in [5, 5.41) is 0. The Labute approximate surface area is 336 Å². The van der Waals surface area contributed by atoms with Gasteiger partial charge in [-0.25, -0.2) is 9.59 Å². The molecule has 0 N–H and O–H groups in total. The van der Waals surface area contributed by atoms with Crippen molar-refractivity contribution in [3.05, 3.63) is 48.6 Å². The van der Waals surface area contributed by atoms with Gasteiger partial charge in [-0.1, -0.05) is 36.5 Å². The second-order valence-electron chi connectivity index (χ2n) is 11.7. The van der Waals surface area contributed by atoms with Gasteiger partial charge in [0.05, 0.1) is 0 Å². The van der Waals surface area contributed by atoms with E-state index in [9.17, 15) is 9.59 Å². The van der Waals surface area contributed by atoms with Gasteiger partial charge < -0.3 is 43.1 Å². The fourth-order valence-corrected chi connectivity index (χ4v) is 4.80. The number of methoxy groups -OCH3 is 4. The first-order valence-electron chi connectivity index (χ1n) is 18.6. The Bertz CT molecular complexity index is 1600. The van der Waals surface area contributed by atoms with Crippen LogP contribution in [0.2, 0.25) is 0 Å². The number of esters is 2. The number of ether oxygens (including phenoxy) is 6. The summed E-state index contributed by atoms with van der Waals surface area (Å²) in [7, 11) is 6.20. The van der Waals surface area contributed by atoms with E-state index in [1.54, 1.807) is 77.4 Å². The van der Waals surface area contributed by atoms with Crippen molar-refractivity contribution in [2.24, 2.45) is 0 Å². The van der Waals surface area contributed by atoms with E-state index in [-0.39, 0.29) is 70.8 Å². The van der Waals surface area contributed by atoms with Gasteiger partial charge in [-0.3, -0.25) is 14.7 Å². The Morgan fingerprint density at radius 1 is 0.439 bits per heavy atom. The zero-order valence-electron chi connectivity index (χ0n) is 35.0. The molecule has 0 amide bonds. The summed E-state index contributed by atoms with van der Waals surface area (Å²) in [6.45, 7) is 13.7. The smallest absolute Gasteiger partial charge is 0.332 e. The van der Waals surface area contributed by atoms with Crippen molar-refractivity contribution in [1.29, 1.82) is 0 Å². The second kappa shape index (κ2) is 27.2. The van der Waals surface area contributed by atoms with E-state index in [1.165, 1.54) is 19.3 Å². The zero-order valence-corrected chi connectivity index (χ0v) is 35.0. The molecule has 0 aliphatic rings. The van der Waals surface area contributed by atoms with Crippen LogP contribution in [-0.4, -0.2) is 144 Å². The number of hydrogen-bond donors (Lipinski definition) is 0. The third-order valence-corrected chi connectivity index (χ3v) is 7.70. The molecule has 0 spiro atoms. The van der Waals surface area contributed by atoms with Crippen LogP contribution in [0, 0.1) is 0 Å². The number of nitrogens with zero attached hydrogens (tertiary/aromatic N) is 12. The predicted octanol–water partition coefficient (Wildman–Crippen LogP) is 3.31. The molecule has 0 fully saturated rings. The summed E-state index contributed by atoms with van der Waals surface area (Å²) in [5.74, 6) is 0.580. The molecule has 0 saturated heterocycles. The lowest BCUT2D eigenvalue weighted by molar-refractivity contribution is -0.138. The molecule has 0 saturated carbocycles. The van der Waals surface area contributed by atoms with Crippen molar-refractivity contribution in [3.8, 4) is 0 Å². The highest BCUT2D eigenvalue weighted by Crippen LogP contribution is 2.23. The van der Waals surface area contributed by atoms with E-state index in [1.807, 2.05) is 51.3 Å². The van der Waals surface area contributed by atoms with Crippen LogP contribution in [0.1, 0.15) is 41.5 Å². The second-order valence-corrected chi connectivity index (χ2v) is 11.7. The van der Waals surface area contributed by atoms with Crippen LogP contribution in [0.25, 0.3) is 0 Å². The van der Waals surface area contributed by atoms with E-state index >= 15 is 0 Å². The molecule has 0 aromatic carbocycles. The first-order chi connectivity index (χ1) is 27.7. The van der Waals surface area contributed by atoms with Gasteiger partial charge in [-0.05, 0) is 41.5 Å². The fraction of sp³-hybridized carbons (Fsp3) is 0.568. The van der Waals surface area contributed by atoms with Crippen LogP contribution in [0.3, 0.4) is 0 Å². The summed E-state index contributed by atoms with van der Waals surface area (Å²) >= 11 is 0. The van der Waals surface area contributed by atoms with Crippen molar-refractivity contribution < 1.29 is 38.0 Å². The van der Waals surface area contributed by atoms with Crippen molar-refractivity contribution in [2.75, 3.05) is 131 Å². The largest absolute Gasteiger partial charge is 0.441 e. The molecule has 20 nitrogen and oxygen atoms in total. The average Bonchev–Trinajstić information content (AvgIpc) is 3.21. The number of anilines is 6. The predicted molar refractivity (Wildman–Crippen MR) is 219 cm³/mol. The monoisotopic (exact) mass is 800 g/mol. The SMILES string of the molecule is C/C=C/C=C/C(=O)OCN(CC)c1nc(N(CC)COC)nc(N(COC)CN(COC)c2nc(N(CC)CC)nc(N(COC)COC(=O)/C=C/C=C/C)n2)n1. The molecular formula is C37H60N12O8. The van der Waals surface area contributed by atoms with Gasteiger partial charge in [0.15, 0.2) is 13.5 Å². The number of aromatic nitrogens is 6. The Kier molecular flexibility index (Phi) is 22.8. The number of carbonyl (C=O) groups is 2.